The van der Waals surface area contributed by atoms with Crippen molar-refractivity contribution < 1.29 is 4.79 Å². The lowest BCUT2D eigenvalue weighted by molar-refractivity contribution is -0.104. The van der Waals surface area contributed by atoms with Gasteiger partial charge in [-0.05, 0) is 48.1 Å². The van der Waals surface area contributed by atoms with E-state index in [4.69, 9.17) is 0 Å². The smallest absolute Gasteiger partial charge is 0.143 e. The Morgan fingerprint density at radius 1 is 1.33 bits per heavy atom. The number of aryl methyl sites for hydroxylation is 1. The second-order valence-electron chi connectivity index (χ2n) is 4.21. The first kappa shape index (κ1) is 11.7. The van der Waals surface area contributed by atoms with E-state index in [1.54, 1.807) is 6.08 Å². The molecule has 1 nitrogen and oxygen atoms in total. The lowest BCUT2D eigenvalue weighted by atomic mass is 9.94. The zero-order chi connectivity index (χ0) is 11.4. The van der Waals surface area contributed by atoms with Crippen molar-refractivity contribution in [1.29, 1.82) is 0 Å². The molecule has 0 atom stereocenters. The predicted molar refractivity (Wildman–Crippen MR) is 65.0 cm³/mol. The third kappa shape index (κ3) is 2.79. The molecule has 0 heterocycles. The minimum Gasteiger partial charge on any atom is -0.299 e. The number of rotatable bonds is 3. The van der Waals surface area contributed by atoms with Gasteiger partial charge in [-0.3, -0.25) is 4.79 Å². The highest BCUT2D eigenvalue weighted by atomic mass is 16.1. The van der Waals surface area contributed by atoms with Gasteiger partial charge in [-0.2, -0.15) is 0 Å². The molecule has 0 fully saturated rings. The van der Waals surface area contributed by atoms with Gasteiger partial charge in [0.1, 0.15) is 6.29 Å². The van der Waals surface area contributed by atoms with Crippen molar-refractivity contribution in [2.75, 3.05) is 0 Å². The lowest BCUT2D eigenvalue weighted by Crippen LogP contribution is -1.92. The largest absolute Gasteiger partial charge is 0.299 e. The zero-order valence-electron chi connectivity index (χ0n) is 9.87. The Kier molecular flexibility index (Phi) is 3.84. The fraction of sp³-hybridized carbons (Fsp3) is 0.357. The average molecular weight is 202 g/mol. The van der Waals surface area contributed by atoms with E-state index in [9.17, 15) is 4.79 Å². The van der Waals surface area contributed by atoms with Crippen molar-refractivity contribution in [2.24, 2.45) is 0 Å². The molecule has 0 unspecified atom stereocenters. The van der Waals surface area contributed by atoms with E-state index in [1.165, 1.54) is 16.7 Å². The SMILES string of the molecule is CC(=CC=O)c1cc(C(C)C)ccc1C. The van der Waals surface area contributed by atoms with Crippen LogP contribution in [0.3, 0.4) is 0 Å². The summed E-state index contributed by atoms with van der Waals surface area (Å²) < 4.78 is 0. The molecule has 0 N–H and O–H groups in total. The Bertz CT molecular complexity index is 386. The van der Waals surface area contributed by atoms with Crippen LogP contribution in [0.15, 0.2) is 24.3 Å². The molecule has 0 aliphatic rings. The third-order valence-corrected chi connectivity index (χ3v) is 2.67. The lowest BCUT2D eigenvalue weighted by Gasteiger charge is -2.11. The highest BCUT2D eigenvalue weighted by Crippen LogP contribution is 2.23. The summed E-state index contributed by atoms with van der Waals surface area (Å²) in [6.45, 7) is 8.39. The minimum absolute atomic E-state index is 0.522. The van der Waals surface area contributed by atoms with E-state index in [0.29, 0.717) is 5.92 Å². The molecule has 0 aromatic heterocycles. The van der Waals surface area contributed by atoms with Crippen LogP contribution in [0.25, 0.3) is 5.57 Å². The molecule has 15 heavy (non-hydrogen) atoms. The molecule has 1 heteroatoms. The van der Waals surface area contributed by atoms with Crippen LogP contribution < -0.4 is 0 Å². The molecule has 0 amide bonds. The maximum atomic E-state index is 10.4. The molecule has 0 spiro atoms. The van der Waals surface area contributed by atoms with E-state index in [-0.39, 0.29) is 0 Å². The third-order valence-electron chi connectivity index (χ3n) is 2.67. The van der Waals surface area contributed by atoms with Crippen LogP contribution in [0.4, 0.5) is 0 Å². The number of aldehydes is 1. The van der Waals surface area contributed by atoms with Gasteiger partial charge in [0.25, 0.3) is 0 Å². The van der Waals surface area contributed by atoms with Gasteiger partial charge >= 0.3 is 0 Å². The second-order valence-corrected chi connectivity index (χ2v) is 4.21. The van der Waals surface area contributed by atoms with Gasteiger partial charge in [-0.15, -0.1) is 0 Å². The van der Waals surface area contributed by atoms with Crippen LogP contribution in [0.5, 0.6) is 0 Å². The maximum Gasteiger partial charge on any atom is 0.143 e. The maximum absolute atomic E-state index is 10.4. The number of hydrogen-bond donors (Lipinski definition) is 0. The molecule has 1 aromatic carbocycles. The molecule has 0 bridgehead atoms. The molecular weight excluding hydrogens is 184 g/mol. The van der Waals surface area contributed by atoms with E-state index < -0.39 is 0 Å². The number of hydrogen-bond acceptors (Lipinski definition) is 1. The van der Waals surface area contributed by atoms with Crippen LogP contribution in [0.1, 0.15) is 43.4 Å². The minimum atomic E-state index is 0.522. The summed E-state index contributed by atoms with van der Waals surface area (Å²) in [6.07, 6.45) is 2.46. The van der Waals surface area contributed by atoms with Gasteiger partial charge in [0, 0.05) is 0 Å². The zero-order valence-corrected chi connectivity index (χ0v) is 9.87. The summed E-state index contributed by atoms with van der Waals surface area (Å²) in [5.74, 6) is 0.522. The van der Waals surface area contributed by atoms with Gasteiger partial charge in [0.2, 0.25) is 0 Å². The second kappa shape index (κ2) is 4.92. The normalized spacial score (nSPS) is 11.9. The topological polar surface area (TPSA) is 17.1 Å². The van der Waals surface area contributed by atoms with Crippen molar-refractivity contribution in [3.8, 4) is 0 Å². The van der Waals surface area contributed by atoms with Gasteiger partial charge in [-0.25, -0.2) is 0 Å². The Hall–Kier alpha value is -1.37. The van der Waals surface area contributed by atoms with Gasteiger partial charge in [0.15, 0.2) is 0 Å². The monoisotopic (exact) mass is 202 g/mol. The van der Waals surface area contributed by atoms with Crippen LogP contribution in [0.2, 0.25) is 0 Å². The number of carbonyl (C=O) groups is 1. The Morgan fingerprint density at radius 3 is 2.53 bits per heavy atom. The fourth-order valence-electron chi connectivity index (χ4n) is 1.62. The van der Waals surface area contributed by atoms with Crippen molar-refractivity contribution in [1.82, 2.24) is 0 Å². The Labute approximate surface area is 91.8 Å². The first-order valence-electron chi connectivity index (χ1n) is 5.29. The van der Waals surface area contributed by atoms with Crippen LogP contribution in [-0.2, 0) is 4.79 Å². The van der Waals surface area contributed by atoms with Crippen molar-refractivity contribution in [2.45, 2.75) is 33.6 Å². The fourth-order valence-corrected chi connectivity index (χ4v) is 1.62. The molecule has 1 rings (SSSR count). The van der Waals surface area contributed by atoms with E-state index in [1.807, 2.05) is 6.92 Å². The molecule has 80 valence electrons. The first-order valence-corrected chi connectivity index (χ1v) is 5.29. The van der Waals surface area contributed by atoms with Gasteiger partial charge < -0.3 is 0 Å². The Morgan fingerprint density at radius 2 is 2.00 bits per heavy atom. The van der Waals surface area contributed by atoms with Gasteiger partial charge in [-0.1, -0.05) is 32.0 Å². The number of benzene rings is 1. The average Bonchev–Trinajstić information content (AvgIpc) is 2.18. The summed E-state index contributed by atoms with van der Waals surface area (Å²) in [4.78, 5) is 10.4. The molecule has 0 radical (unpaired) electrons. The van der Waals surface area contributed by atoms with Crippen LogP contribution >= 0.6 is 0 Å². The molecular formula is C14H18O. The Balaban J connectivity index is 3.22. The van der Waals surface area contributed by atoms with E-state index in [0.717, 1.165) is 11.9 Å². The first-order chi connectivity index (χ1) is 7.06. The predicted octanol–water partition coefficient (Wildman–Crippen LogP) is 3.72. The number of carbonyl (C=O) groups excluding carboxylic acids is 1. The summed E-state index contributed by atoms with van der Waals surface area (Å²) in [6, 6.07) is 6.44. The summed E-state index contributed by atoms with van der Waals surface area (Å²) in [7, 11) is 0. The quantitative estimate of drug-likeness (QED) is 0.539. The summed E-state index contributed by atoms with van der Waals surface area (Å²) in [5, 5.41) is 0. The highest BCUT2D eigenvalue weighted by Gasteiger charge is 2.04. The summed E-state index contributed by atoms with van der Waals surface area (Å²) in [5.41, 5.74) is 4.74. The van der Waals surface area contributed by atoms with Crippen LogP contribution in [0, 0.1) is 6.92 Å². The number of allylic oxidation sites excluding steroid dienone is 2. The van der Waals surface area contributed by atoms with E-state index >= 15 is 0 Å². The molecule has 1 aromatic rings. The van der Waals surface area contributed by atoms with Crippen LogP contribution in [-0.4, -0.2) is 6.29 Å². The van der Waals surface area contributed by atoms with Crippen molar-refractivity contribution in [3.05, 3.63) is 41.0 Å². The van der Waals surface area contributed by atoms with E-state index in [2.05, 4.69) is 39.0 Å². The molecule has 0 saturated heterocycles. The standard InChI is InChI=1S/C14H18O/c1-10(2)13-6-5-11(3)14(9-13)12(4)7-8-15/h5-10H,1-4H3. The molecule has 0 aliphatic heterocycles. The van der Waals surface area contributed by atoms with Crippen molar-refractivity contribution in [3.63, 3.8) is 0 Å². The highest BCUT2D eigenvalue weighted by molar-refractivity contribution is 5.81. The molecule has 0 aliphatic carbocycles. The van der Waals surface area contributed by atoms with Crippen molar-refractivity contribution >= 4 is 11.9 Å². The van der Waals surface area contributed by atoms with Gasteiger partial charge in [0.05, 0.1) is 0 Å². The summed E-state index contributed by atoms with van der Waals surface area (Å²) >= 11 is 0. The molecule has 0 saturated carbocycles.